The van der Waals surface area contributed by atoms with E-state index in [4.69, 9.17) is 4.42 Å². The fraction of sp³-hybridized carbons (Fsp3) is 0.250. The molecule has 122 valence electrons. The zero-order chi connectivity index (χ0) is 16.8. The van der Waals surface area contributed by atoms with E-state index in [9.17, 15) is 19.1 Å². The average molecular weight is 320 g/mol. The molecule has 2 atom stereocenters. The fourth-order valence-electron chi connectivity index (χ4n) is 1.95. The van der Waals surface area contributed by atoms with Gasteiger partial charge in [-0.3, -0.25) is 9.59 Å². The van der Waals surface area contributed by atoms with Crippen LogP contribution in [0.25, 0.3) is 0 Å². The molecule has 1 heterocycles. The second kappa shape index (κ2) is 7.55. The Morgan fingerprint density at radius 1 is 1.26 bits per heavy atom. The van der Waals surface area contributed by atoms with E-state index in [1.54, 1.807) is 12.1 Å². The Hall–Kier alpha value is -2.67. The number of carbonyl (C=O) groups is 2. The molecule has 0 fully saturated rings. The molecule has 6 nitrogen and oxygen atoms in total. The lowest BCUT2D eigenvalue weighted by Crippen LogP contribution is -2.45. The first-order valence-electron chi connectivity index (χ1n) is 7.03. The van der Waals surface area contributed by atoms with E-state index >= 15 is 0 Å². The Bertz CT molecular complexity index is 672. The summed E-state index contributed by atoms with van der Waals surface area (Å²) in [5, 5.41) is 14.8. The predicted octanol–water partition coefficient (Wildman–Crippen LogP) is 1.39. The van der Waals surface area contributed by atoms with Gasteiger partial charge in [0.1, 0.15) is 11.9 Å². The molecule has 0 radical (unpaired) electrons. The van der Waals surface area contributed by atoms with Crippen LogP contribution in [-0.2, 0) is 4.79 Å². The van der Waals surface area contributed by atoms with Crippen molar-refractivity contribution in [2.45, 2.75) is 19.1 Å². The molecule has 1 aromatic heterocycles. The van der Waals surface area contributed by atoms with Gasteiger partial charge in [-0.25, -0.2) is 4.39 Å². The third-order valence-corrected chi connectivity index (χ3v) is 3.22. The highest BCUT2D eigenvalue weighted by molar-refractivity contribution is 5.95. The van der Waals surface area contributed by atoms with Crippen molar-refractivity contribution in [2.24, 2.45) is 0 Å². The molecule has 3 N–H and O–H groups in total. The van der Waals surface area contributed by atoms with Crippen LogP contribution in [0, 0.1) is 5.82 Å². The summed E-state index contributed by atoms with van der Waals surface area (Å²) in [5.74, 6) is -1.47. The summed E-state index contributed by atoms with van der Waals surface area (Å²) in [6.45, 7) is 1.33. The van der Waals surface area contributed by atoms with Crippen molar-refractivity contribution >= 4 is 11.8 Å². The second-order valence-corrected chi connectivity index (χ2v) is 4.95. The maximum absolute atomic E-state index is 13.5. The van der Waals surface area contributed by atoms with Crippen molar-refractivity contribution < 1.29 is 23.5 Å². The van der Waals surface area contributed by atoms with Gasteiger partial charge in [-0.15, -0.1) is 0 Å². The fourth-order valence-corrected chi connectivity index (χ4v) is 1.95. The number of rotatable bonds is 6. The second-order valence-electron chi connectivity index (χ2n) is 4.95. The molecule has 0 bridgehead atoms. The quantitative estimate of drug-likeness (QED) is 0.750. The summed E-state index contributed by atoms with van der Waals surface area (Å²) < 4.78 is 18.4. The molecule has 2 unspecified atom stereocenters. The number of halogens is 1. The summed E-state index contributed by atoms with van der Waals surface area (Å²) in [7, 11) is 0. The Morgan fingerprint density at radius 3 is 2.65 bits per heavy atom. The highest BCUT2D eigenvalue weighted by Crippen LogP contribution is 2.15. The lowest BCUT2D eigenvalue weighted by molar-refractivity contribution is -0.123. The van der Waals surface area contributed by atoms with Crippen molar-refractivity contribution in [3.63, 3.8) is 0 Å². The number of aliphatic hydroxyl groups excluding tert-OH is 1. The minimum absolute atomic E-state index is 0.0936. The molecular formula is C16H17FN2O4. The van der Waals surface area contributed by atoms with Crippen LogP contribution in [-0.4, -0.2) is 29.5 Å². The molecule has 7 heteroatoms. The van der Waals surface area contributed by atoms with Gasteiger partial charge in [0.05, 0.1) is 12.4 Å². The topological polar surface area (TPSA) is 91.6 Å². The van der Waals surface area contributed by atoms with Crippen LogP contribution in [0.3, 0.4) is 0 Å². The van der Waals surface area contributed by atoms with Crippen molar-refractivity contribution in [3.05, 3.63) is 59.8 Å². The number of carbonyl (C=O) groups excluding carboxylic acids is 2. The molecule has 1 aromatic carbocycles. The van der Waals surface area contributed by atoms with Gasteiger partial charge < -0.3 is 20.2 Å². The summed E-state index contributed by atoms with van der Waals surface area (Å²) in [6, 6.07) is 7.97. The highest BCUT2D eigenvalue weighted by atomic mass is 19.1. The van der Waals surface area contributed by atoms with Gasteiger partial charge in [0.2, 0.25) is 5.91 Å². The maximum atomic E-state index is 13.5. The highest BCUT2D eigenvalue weighted by Gasteiger charge is 2.19. The van der Waals surface area contributed by atoms with Gasteiger partial charge in [-0.1, -0.05) is 18.2 Å². The van der Waals surface area contributed by atoms with Crippen molar-refractivity contribution in [1.82, 2.24) is 10.6 Å². The number of amides is 2. The molecule has 0 saturated carbocycles. The van der Waals surface area contributed by atoms with Crippen LogP contribution in [0.15, 0.2) is 47.1 Å². The molecular weight excluding hydrogens is 303 g/mol. The van der Waals surface area contributed by atoms with Crippen molar-refractivity contribution in [3.8, 4) is 0 Å². The molecule has 23 heavy (non-hydrogen) atoms. The van der Waals surface area contributed by atoms with Gasteiger partial charge >= 0.3 is 0 Å². The van der Waals surface area contributed by atoms with Crippen LogP contribution in [0.4, 0.5) is 4.39 Å². The lowest BCUT2D eigenvalue weighted by Gasteiger charge is -2.16. The SMILES string of the molecule is CC(NC(=O)c1ccco1)C(=O)NCC(O)c1ccccc1F. The van der Waals surface area contributed by atoms with Gasteiger partial charge in [0.25, 0.3) is 5.91 Å². The minimum atomic E-state index is -1.17. The Labute approximate surface area is 132 Å². The maximum Gasteiger partial charge on any atom is 0.287 e. The Morgan fingerprint density at radius 2 is 2.00 bits per heavy atom. The van der Waals surface area contributed by atoms with Crippen molar-refractivity contribution in [2.75, 3.05) is 6.54 Å². The summed E-state index contributed by atoms with van der Waals surface area (Å²) in [5.41, 5.74) is 0.0973. The summed E-state index contributed by atoms with van der Waals surface area (Å²) in [6.07, 6.45) is 0.179. The Balaban J connectivity index is 1.84. The zero-order valence-corrected chi connectivity index (χ0v) is 12.5. The number of nitrogens with one attached hydrogen (secondary N) is 2. The van der Waals surface area contributed by atoms with Crippen LogP contribution < -0.4 is 10.6 Å². The van der Waals surface area contributed by atoms with Crippen LogP contribution in [0.2, 0.25) is 0 Å². The smallest absolute Gasteiger partial charge is 0.287 e. The van der Waals surface area contributed by atoms with E-state index in [2.05, 4.69) is 10.6 Å². The van der Waals surface area contributed by atoms with Crippen LogP contribution in [0.5, 0.6) is 0 Å². The number of furan rings is 1. The van der Waals surface area contributed by atoms with Crippen molar-refractivity contribution in [1.29, 1.82) is 0 Å². The molecule has 0 aliphatic carbocycles. The molecule has 0 aliphatic heterocycles. The minimum Gasteiger partial charge on any atom is -0.459 e. The number of hydrogen-bond donors (Lipinski definition) is 3. The largest absolute Gasteiger partial charge is 0.459 e. The summed E-state index contributed by atoms with van der Waals surface area (Å²) in [4.78, 5) is 23.6. The predicted molar refractivity (Wildman–Crippen MR) is 80.0 cm³/mol. The first kappa shape index (κ1) is 16.7. The van der Waals surface area contributed by atoms with E-state index in [-0.39, 0.29) is 17.9 Å². The van der Waals surface area contributed by atoms with Gasteiger partial charge in [0.15, 0.2) is 5.76 Å². The van der Waals surface area contributed by atoms with E-state index in [0.29, 0.717) is 0 Å². The molecule has 2 aromatic rings. The molecule has 2 rings (SSSR count). The standard InChI is InChI=1S/C16H17FN2O4/c1-10(19-16(22)14-7-4-8-23-14)15(21)18-9-13(20)11-5-2-3-6-12(11)17/h2-8,10,13,20H,9H2,1H3,(H,18,21)(H,19,22). The van der Waals surface area contributed by atoms with E-state index < -0.39 is 29.8 Å². The molecule has 2 amide bonds. The Kier molecular flexibility index (Phi) is 5.48. The number of aliphatic hydroxyl groups is 1. The third-order valence-electron chi connectivity index (χ3n) is 3.22. The molecule has 0 aliphatic rings. The monoisotopic (exact) mass is 320 g/mol. The first-order chi connectivity index (χ1) is 11.0. The van der Waals surface area contributed by atoms with Gasteiger partial charge in [0, 0.05) is 12.1 Å². The third kappa shape index (κ3) is 4.40. The average Bonchev–Trinajstić information content (AvgIpc) is 3.07. The normalized spacial score (nSPS) is 13.2. The van der Waals surface area contributed by atoms with E-state index in [1.807, 2.05) is 0 Å². The molecule has 0 saturated heterocycles. The first-order valence-corrected chi connectivity index (χ1v) is 7.03. The lowest BCUT2D eigenvalue weighted by atomic mass is 10.1. The number of hydrogen-bond acceptors (Lipinski definition) is 4. The summed E-state index contributed by atoms with van der Waals surface area (Å²) >= 11 is 0. The molecule has 0 spiro atoms. The van der Waals surface area contributed by atoms with E-state index in [0.717, 1.165) is 0 Å². The van der Waals surface area contributed by atoms with E-state index in [1.165, 1.54) is 37.5 Å². The van der Waals surface area contributed by atoms with Crippen LogP contribution in [0.1, 0.15) is 29.1 Å². The van der Waals surface area contributed by atoms with Gasteiger partial charge in [-0.05, 0) is 25.1 Å². The van der Waals surface area contributed by atoms with Gasteiger partial charge in [-0.2, -0.15) is 0 Å². The van der Waals surface area contributed by atoms with Crippen LogP contribution >= 0.6 is 0 Å². The number of benzene rings is 1. The zero-order valence-electron chi connectivity index (χ0n) is 12.5.